The van der Waals surface area contributed by atoms with Crippen LogP contribution >= 0.6 is 0 Å². The van der Waals surface area contributed by atoms with Crippen molar-refractivity contribution in [3.63, 3.8) is 0 Å². The van der Waals surface area contributed by atoms with Crippen molar-refractivity contribution in [2.45, 2.75) is 71.3 Å². The number of fused-ring (bicyclic) bond motifs is 1. The minimum absolute atomic E-state index is 0.498. The van der Waals surface area contributed by atoms with Crippen molar-refractivity contribution in [2.75, 3.05) is 23.3 Å². The zero-order chi connectivity index (χ0) is 20.5. The van der Waals surface area contributed by atoms with Crippen LogP contribution in [0.1, 0.15) is 62.8 Å². The molecule has 0 bridgehead atoms. The first-order valence-corrected chi connectivity index (χ1v) is 11.4. The summed E-state index contributed by atoms with van der Waals surface area (Å²) in [6, 6.07) is 4.74. The maximum atomic E-state index is 4.97. The van der Waals surface area contributed by atoms with Crippen LogP contribution in [0.4, 0.5) is 11.6 Å². The summed E-state index contributed by atoms with van der Waals surface area (Å²) in [4.78, 5) is 16.5. The molecule has 3 aromatic heterocycles. The molecule has 1 aliphatic carbocycles. The molecular formula is C23H31N7. The van der Waals surface area contributed by atoms with Gasteiger partial charge in [-0.1, -0.05) is 25.7 Å². The summed E-state index contributed by atoms with van der Waals surface area (Å²) >= 11 is 0. The highest BCUT2D eigenvalue weighted by Gasteiger charge is 2.20. The van der Waals surface area contributed by atoms with E-state index in [1.165, 1.54) is 51.4 Å². The van der Waals surface area contributed by atoms with Crippen LogP contribution in [0.3, 0.4) is 0 Å². The predicted octanol–water partition coefficient (Wildman–Crippen LogP) is 4.54. The van der Waals surface area contributed by atoms with Gasteiger partial charge in [-0.15, -0.1) is 0 Å². The van der Waals surface area contributed by atoms with Crippen molar-refractivity contribution >= 4 is 17.3 Å². The number of hydrogen-bond donors (Lipinski definition) is 1. The molecule has 1 saturated carbocycles. The van der Waals surface area contributed by atoms with Gasteiger partial charge in [0.2, 0.25) is 0 Å². The summed E-state index contributed by atoms with van der Waals surface area (Å²) in [6.45, 7) is 6.11. The lowest BCUT2D eigenvalue weighted by Crippen LogP contribution is -2.23. The Bertz CT molecular complexity index is 1030. The molecular weight excluding hydrogens is 374 g/mol. The van der Waals surface area contributed by atoms with Gasteiger partial charge in [0.05, 0.1) is 11.4 Å². The average Bonchev–Trinajstić information content (AvgIpc) is 3.36. The largest absolute Gasteiger partial charge is 0.367 e. The van der Waals surface area contributed by atoms with E-state index in [1.807, 2.05) is 24.4 Å². The van der Waals surface area contributed by atoms with Gasteiger partial charge >= 0.3 is 0 Å². The zero-order valence-corrected chi connectivity index (χ0v) is 18.1. The van der Waals surface area contributed by atoms with Crippen LogP contribution in [-0.4, -0.2) is 43.7 Å². The number of anilines is 2. The van der Waals surface area contributed by atoms with E-state index in [0.717, 1.165) is 53.1 Å². The second kappa shape index (κ2) is 8.20. The first kappa shape index (κ1) is 19.3. The number of hydrogen-bond acceptors (Lipinski definition) is 6. The predicted molar refractivity (Wildman–Crippen MR) is 120 cm³/mol. The third-order valence-corrected chi connectivity index (χ3v) is 6.37. The third-order valence-electron chi connectivity index (χ3n) is 6.37. The number of aryl methyl sites for hydroxylation is 2. The van der Waals surface area contributed by atoms with E-state index in [1.54, 1.807) is 6.20 Å². The van der Waals surface area contributed by atoms with E-state index in [4.69, 9.17) is 15.1 Å². The molecule has 0 spiro atoms. The molecule has 0 atom stereocenters. The molecule has 4 heterocycles. The summed E-state index contributed by atoms with van der Waals surface area (Å²) in [6.07, 6.45) is 12.0. The Morgan fingerprint density at radius 1 is 0.933 bits per heavy atom. The van der Waals surface area contributed by atoms with Crippen LogP contribution in [0.5, 0.6) is 0 Å². The SMILES string of the molecule is Cc1cnc(C)c(-c2cc3nc(N4CCCC4)cc(NC4CCCCCC4)n3n2)n1. The Morgan fingerprint density at radius 3 is 2.47 bits per heavy atom. The number of aromatic nitrogens is 5. The van der Waals surface area contributed by atoms with Gasteiger partial charge in [-0.05, 0) is 39.5 Å². The fourth-order valence-corrected chi connectivity index (χ4v) is 4.70. The fraction of sp³-hybridized carbons (Fsp3) is 0.565. The molecule has 0 aromatic carbocycles. The lowest BCUT2D eigenvalue weighted by atomic mass is 10.1. The van der Waals surface area contributed by atoms with Gasteiger partial charge in [-0.2, -0.15) is 9.61 Å². The molecule has 7 heteroatoms. The quantitative estimate of drug-likeness (QED) is 0.643. The van der Waals surface area contributed by atoms with Crippen LogP contribution in [0, 0.1) is 13.8 Å². The number of nitrogens with zero attached hydrogens (tertiary/aromatic N) is 6. The number of rotatable bonds is 4. The van der Waals surface area contributed by atoms with E-state index in [-0.39, 0.29) is 0 Å². The zero-order valence-electron chi connectivity index (χ0n) is 18.1. The van der Waals surface area contributed by atoms with Gasteiger partial charge in [0, 0.05) is 37.5 Å². The van der Waals surface area contributed by atoms with Gasteiger partial charge < -0.3 is 10.2 Å². The highest BCUT2D eigenvalue weighted by Crippen LogP contribution is 2.28. The lowest BCUT2D eigenvalue weighted by Gasteiger charge is -2.21. The Balaban J connectivity index is 1.58. The average molecular weight is 406 g/mol. The molecule has 2 fully saturated rings. The third kappa shape index (κ3) is 3.85. The highest BCUT2D eigenvalue weighted by molar-refractivity contribution is 5.67. The van der Waals surface area contributed by atoms with Gasteiger partial charge in [0.25, 0.3) is 0 Å². The van der Waals surface area contributed by atoms with Crippen LogP contribution < -0.4 is 10.2 Å². The Morgan fingerprint density at radius 2 is 1.70 bits per heavy atom. The first-order chi connectivity index (χ1) is 14.7. The van der Waals surface area contributed by atoms with Crippen molar-refractivity contribution in [1.82, 2.24) is 24.6 Å². The van der Waals surface area contributed by atoms with Gasteiger partial charge in [0.1, 0.15) is 23.0 Å². The van der Waals surface area contributed by atoms with Gasteiger partial charge in [-0.25, -0.2) is 9.97 Å². The van der Waals surface area contributed by atoms with Crippen molar-refractivity contribution in [1.29, 1.82) is 0 Å². The van der Waals surface area contributed by atoms with Crippen molar-refractivity contribution in [3.8, 4) is 11.4 Å². The van der Waals surface area contributed by atoms with Gasteiger partial charge in [0.15, 0.2) is 5.65 Å². The van der Waals surface area contributed by atoms with Crippen LogP contribution in [0.15, 0.2) is 18.3 Å². The molecule has 5 rings (SSSR count). The van der Waals surface area contributed by atoms with E-state index >= 15 is 0 Å². The highest BCUT2D eigenvalue weighted by atomic mass is 15.3. The second-order valence-electron chi connectivity index (χ2n) is 8.77. The van der Waals surface area contributed by atoms with E-state index in [9.17, 15) is 0 Å². The van der Waals surface area contributed by atoms with Crippen LogP contribution in [0.25, 0.3) is 17.0 Å². The van der Waals surface area contributed by atoms with Crippen molar-refractivity contribution < 1.29 is 0 Å². The Labute approximate surface area is 177 Å². The molecule has 158 valence electrons. The van der Waals surface area contributed by atoms with Crippen LogP contribution in [-0.2, 0) is 0 Å². The summed E-state index contributed by atoms with van der Waals surface area (Å²) in [5, 5.41) is 8.73. The summed E-state index contributed by atoms with van der Waals surface area (Å²) in [5.41, 5.74) is 4.33. The van der Waals surface area contributed by atoms with E-state index in [2.05, 4.69) is 21.3 Å². The van der Waals surface area contributed by atoms with Crippen molar-refractivity contribution in [3.05, 3.63) is 29.7 Å². The molecule has 3 aromatic rings. The lowest BCUT2D eigenvalue weighted by molar-refractivity contribution is 0.614. The standard InChI is InChI=1S/C23H31N7/c1-16-15-24-17(2)23(25-16)19-13-21-27-20(29-11-7-8-12-29)14-22(30(21)28-19)26-18-9-5-3-4-6-10-18/h13-15,18,26H,3-12H2,1-2H3. The summed E-state index contributed by atoms with van der Waals surface area (Å²) < 4.78 is 1.96. The maximum Gasteiger partial charge on any atom is 0.160 e. The first-order valence-electron chi connectivity index (χ1n) is 11.4. The molecule has 0 amide bonds. The molecule has 7 nitrogen and oxygen atoms in total. The molecule has 30 heavy (non-hydrogen) atoms. The smallest absolute Gasteiger partial charge is 0.160 e. The number of nitrogens with one attached hydrogen (secondary N) is 1. The molecule has 1 N–H and O–H groups in total. The molecule has 2 aliphatic rings. The van der Waals surface area contributed by atoms with E-state index < -0.39 is 0 Å². The van der Waals surface area contributed by atoms with Crippen LogP contribution in [0.2, 0.25) is 0 Å². The molecule has 0 unspecified atom stereocenters. The maximum absolute atomic E-state index is 4.97. The molecule has 1 aliphatic heterocycles. The monoisotopic (exact) mass is 405 g/mol. The second-order valence-corrected chi connectivity index (χ2v) is 8.77. The Hall–Kier alpha value is -2.70. The van der Waals surface area contributed by atoms with Gasteiger partial charge in [-0.3, -0.25) is 4.98 Å². The topological polar surface area (TPSA) is 71.2 Å². The minimum atomic E-state index is 0.498. The molecule has 1 saturated heterocycles. The summed E-state index contributed by atoms with van der Waals surface area (Å²) in [7, 11) is 0. The fourth-order valence-electron chi connectivity index (χ4n) is 4.70. The normalized spacial score (nSPS) is 18.1. The van der Waals surface area contributed by atoms with E-state index in [0.29, 0.717) is 6.04 Å². The minimum Gasteiger partial charge on any atom is -0.367 e. The summed E-state index contributed by atoms with van der Waals surface area (Å²) in [5.74, 6) is 2.09. The van der Waals surface area contributed by atoms with Crippen molar-refractivity contribution in [2.24, 2.45) is 0 Å². The molecule has 0 radical (unpaired) electrons. The Kier molecular flexibility index (Phi) is 5.27.